The predicted octanol–water partition coefficient (Wildman–Crippen LogP) is 2.61. The van der Waals surface area contributed by atoms with E-state index in [1.54, 1.807) is 4.90 Å². The van der Waals surface area contributed by atoms with E-state index in [2.05, 4.69) is 24.2 Å². The molecule has 1 aromatic carbocycles. The minimum atomic E-state index is -0.00165. The van der Waals surface area contributed by atoms with Crippen molar-refractivity contribution in [2.24, 2.45) is 0 Å². The van der Waals surface area contributed by atoms with Crippen LogP contribution in [0.4, 0.5) is 5.82 Å². The molecule has 3 heterocycles. The normalized spacial score (nSPS) is 17.3. The molecule has 4 rings (SSSR count). The van der Waals surface area contributed by atoms with E-state index < -0.39 is 0 Å². The van der Waals surface area contributed by atoms with Gasteiger partial charge in [0.05, 0.1) is 12.2 Å². The molecule has 6 heteroatoms. The lowest BCUT2D eigenvalue weighted by molar-refractivity contribution is -0.132. The summed E-state index contributed by atoms with van der Waals surface area (Å²) in [6.45, 7) is 4.32. The summed E-state index contributed by atoms with van der Waals surface area (Å²) in [5, 5.41) is 4.65. The maximum absolute atomic E-state index is 12.6. The van der Waals surface area contributed by atoms with E-state index in [0.29, 0.717) is 13.0 Å². The van der Waals surface area contributed by atoms with Crippen LogP contribution in [0.1, 0.15) is 31.2 Å². The molecule has 0 bridgehead atoms. The van der Waals surface area contributed by atoms with Crippen LogP contribution in [-0.2, 0) is 16.1 Å². The van der Waals surface area contributed by atoms with E-state index in [1.165, 1.54) is 12.0 Å². The van der Waals surface area contributed by atoms with Gasteiger partial charge in [-0.15, -0.1) is 0 Å². The number of aryl methyl sites for hydroxylation is 2. The van der Waals surface area contributed by atoms with E-state index in [9.17, 15) is 9.59 Å². The first-order chi connectivity index (χ1) is 12.6. The van der Waals surface area contributed by atoms with Gasteiger partial charge in [0.25, 0.3) is 0 Å². The third-order valence-electron chi connectivity index (χ3n) is 5.22. The second kappa shape index (κ2) is 6.94. The van der Waals surface area contributed by atoms with Gasteiger partial charge in [-0.25, -0.2) is 4.68 Å². The maximum Gasteiger partial charge on any atom is 0.242 e. The predicted molar refractivity (Wildman–Crippen MR) is 99.8 cm³/mol. The van der Waals surface area contributed by atoms with Crippen LogP contribution in [0.5, 0.6) is 0 Å². The van der Waals surface area contributed by atoms with Crippen molar-refractivity contribution < 1.29 is 9.59 Å². The summed E-state index contributed by atoms with van der Waals surface area (Å²) in [5.41, 5.74) is 3.05. The Morgan fingerprint density at radius 3 is 2.54 bits per heavy atom. The van der Waals surface area contributed by atoms with Crippen LogP contribution in [0.25, 0.3) is 11.3 Å². The molecule has 1 fully saturated rings. The molecular formula is C20H24N4O2. The van der Waals surface area contributed by atoms with E-state index in [-0.39, 0.29) is 18.4 Å². The highest BCUT2D eigenvalue weighted by atomic mass is 16.2. The average Bonchev–Trinajstić information content (AvgIpc) is 3.10. The van der Waals surface area contributed by atoms with Crippen molar-refractivity contribution in [3.05, 3.63) is 35.9 Å². The summed E-state index contributed by atoms with van der Waals surface area (Å²) in [5.74, 6) is 0.755. The molecule has 1 aromatic heterocycles. The number of carbonyl (C=O) groups is 2. The van der Waals surface area contributed by atoms with Crippen LogP contribution in [0.2, 0.25) is 0 Å². The number of aromatic nitrogens is 2. The number of amides is 2. The van der Waals surface area contributed by atoms with Crippen molar-refractivity contribution in [3.63, 3.8) is 0 Å². The second-order valence-corrected chi connectivity index (χ2v) is 7.15. The SMILES string of the molecule is Cc1ccc(-c2cc3n(n2)CCC(=O)N3CC(=O)N2CCCCC2)cc1. The molecule has 2 aliphatic rings. The number of carbonyl (C=O) groups excluding carboxylic acids is 2. The second-order valence-electron chi connectivity index (χ2n) is 7.15. The molecule has 2 amide bonds. The van der Waals surface area contributed by atoms with Gasteiger partial charge < -0.3 is 4.90 Å². The standard InChI is InChI=1S/C20H24N4O2/c1-15-5-7-16(8-6-15)17-13-18-23(19(25)9-12-24(18)21-17)14-20(26)22-10-3-2-4-11-22/h5-8,13H,2-4,9-12,14H2,1H3. The Bertz CT molecular complexity index is 819. The lowest BCUT2D eigenvalue weighted by atomic mass is 10.1. The fourth-order valence-corrected chi connectivity index (χ4v) is 3.67. The van der Waals surface area contributed by atoms with E-state index in [0.717, 1.165) is 43.0 Å². The topological polar surface area (TPSA) is 58.4 Å². The van der Waals surface area contributed by atoms with Gasteiger partial charge in [-0.2, -0.15) is 5.10 Å². The van der Waals surface area contributed by atoms with Crippen LogP contribution in [0.15, 0.2) is 30.3 Å². The van der Waals surface area contributed by atoms with Gasteiger partial charge in [-0.3, -0.25) is 14.5 Å². The molecule has 6 nitrogen and oxygen atoms in total. The van der Waals surface area contributed by atoms with E-state index in [4.69, 9.17) is 0 Å². The Balaban J connectivity index is 1.58. The van der Waals surface area contributed by atoms with Crippen LogP contribution < -0.4 is 4.90 Å². The highest BCUT2D eigenvalue weighted by molar-refractivity contribution is 5.99. The van der Waals surface area contributed by atoms with Crippen LogP contribution in [0, 0.1) is 6.92 Å². The third kappa shape index (κ3) is 3.23. The third-order valence-corrected chi connectivity index (χ3v) is 5.22. The number of nitrogens with zero attached hydrogens (tertiary/aromatic N) is 4. The Morgan fingerprint density at radius 2 is 1.81 bits per heavy atom. The summed E-state index contributed by atoms with van der Waals surface area (Å²) in [7, 11) is 0. The first-order valence-corrected chi connectivity index (χ1v) is 9.35. The average molecular weight is 352 g/mol. The molecule has 0 atom stereocenters. The first-order valence-electron chi connectivity index (χ1n) is 9.35. The molecular weight excluding hydrogens is 328 g/mol. The number of hydrogen-bond acceptors (Lipinski definition) is 3. The zero-order chi connectivity index (χ0) is 18.1. The number of benzene rings is 1. The minimum Gasteiger partial charge on any atom is -0.341 e. The Hall–Kier alpha value is -2.63. The summed E-state index contributed by atoms with van der Waals surface area (Å²) >= 11 is 0. The van der Waals surface area contributed by atoms with Crippen molar-refractivity contribution in [3.8, 4) is 11.3 Å². The van der Waals surface area contributed by atoms with Crippen molar-refractivity contribution in [1.82, 2.24) is 14.7 Å². The van der Waals surface area contributed by atoms with Crippen molar-refractivity contribution >= 4 is 17.6 Å². The van der Waals surface area contributed by atoms with Gasteiger partial charge in [0.2, 0.25) is 11.8 Å². The molecule has 0 unspecified atom stereocenters. The highest BCUT2D eigenvalue weighted by Crippen LogP contribution is 2.28. The number of piperidine rings is 1. The van der Waals surface area contributed by atoms with E-state index in [1.807, 2.05) is 27.8 Å². The number of likely N-dealkylation sites (tertiary alicyclic amines) is 1. The van der Waals surface area contributed by atoms with Gasteiger partial charge in [0, 0.05) is 31.1 Å². The molecule has 0 aliphatic carbocycles. The largest absolute Gasteiger partial charge is 0.341 e. The molecule has 0 saturated carbocycles. The molecule has 1 saturated heterocycles. The monoisotopic (exact) mass is 352 g/mol. The molecule has 136 valence electrons. The van der Waals surface area contributed by atoms with Gasteiger partial charge in [0.1, 0.15) is 12.4 Å². The Labute approximate surface area is 153 Å². The van der Waals surface area contributed by atoms with Gasteiger partial charge in [-0.05, 0) is 26.2 Å². The minimum absolute atomic E-state index is 0.00165. The lowest BCUT2D eigenvalue weighted by Crippen LogP contribution is -2.47. The van der Waals surface area contributed by atoms with Crippen molar-refractivity contribution in [2.75, 3.05) is 24.5 Å². The summed E-state index contributed by atoms with van der Waals surface area (Å²) < 4.78 is 1.85. The molecule has 0 spiro atoms. The summed E-state index contributed by atoms with van der Waals surface area (Å²) in [6.07, 6.45) is 3.67. The van der Waals surface area contributed by atoms with Crippen molar-refractivity contribution in [1.29, 1.82) is 0 Å². The Kier molecular flexibility index (Phi) is 4.49. The van der Waals surface area contributed by atoms with Gasteiger partial charge in [0.15, 0.2) is 0 Å². The first kappa shape index (κ1) is 16.8. The van der Waals surface area contributed by atoms with Crippen molar-refractivity contribution in [2.45, 2.75) is 39.2 Å². The fourth-order valence-electron chi connectivity index (χ4n) is 3.67. The molecule has 2 aromatic rings. The Morgan fingerprint density at radius 1 is 1.08 bits per heavy atom. The number of anilines is 1. The molecule has 26 heavy (non-hydrogen) atoms. The quantitative estimate of drug-likeness (QED) is 0.853. The number of fused-ring (bicyclic) bond motifs is 1. The zero-order valence-electron chi connectivity index (χ0n) is 15.1. The van der Waals surface area contributed by atoms with Crippen LogP contribution >= 0.6 is 0 Å². The number of rotatable bonds is 3. The smallest absolute Gasteiger partial charge is 0.242 e. The summed E-state index contributed by atoms with van der Waals surface area (Å²) in [6, 6.07) is 10.1. The lowest BCUT2D eigenvalue weighted by Gasteiger charge is -2.31. The molecule has 2 aliphatic heterocycles. The van der Waals surface area contributed by atoms with Gasteiger partial charge in [-0.1, -0.05) is 29.8 Å². The molecule has 0 N–H and O–H groups in total. The summed E-state index contributed by atoms with van der Waals surface area (Å²) in [4.78, 5) is 28.6. The van der Waals surface area contributed by atoms with E-state index >= 15 is 0 Å². The van der Waals surface area contributed by atoms with Crippen LogP contribution in [0.3, 0.4) is 0 Å². The fraction of sp³-hybridized carbons (Fsp3) is 0.450. The zero-order valence-corrected chi connectivity index (χ0v) is 15.1. The van der Waals surface area contributed by atoms with Crippen LogP contribution in [-0.4, -0.2) is 46.1 Å². The molecule has 0 radical (unpaired) electrons. The number of hydrogen-bond donors (Lipinski definition) is 0. The maximum atomic E-state index is 12.6. The highest BCUT2D eigenvalue weighted by Gasteiger charge is 2.29. The van der Waals surface area contributed by atoms with Gasteiger partial charge >= 0.3 is 0 Å².